The van der Waals surface area contributed by atoms with Gasteiger partial charge in [0, 0.05) is 18.1 Å². The van der Waals surface area contributed by atoms with E-state index in [-0.39, 0.29) is 23.2 Å². The van der Waals surface area contributed by atoms with Crippen LogP contribution in [0.15, 0.2) is 53.6 Å². The quantitative estimate of drug-likeness (QED) is 0.539. The second-order valence-electron chi connectivity index (χ2n) is 6.40. The smallest absolute Gasteiger partial charge is 0.250 e. The van der Waals surface area contributed by atoms with E-state index >= 15 is 0 Å². The van der Waals surface area contributed by atoms with Gasteiger partial charge in [-0.15, -0.1) is 0 Å². The lowest BCUT2D eigenvalue weighted by atomic mass is 10.1. The second kappa shape index (κ2) is 7.52. The molecule has 1 aliphatic rings. The number of amides is 1. The maximum atomic E-state index is 11.8. The molecule has 11 heteroatoms. The SMILES string of the molecule is CS(=O)(=O)c1cccc(Nc2nccc(Nc3c(C(N)=O)ccc4c3OCO4)n2)c1. The number of anilines is 4. The fourth-order valence-electron chi connectivity index (χ4n) is 2.85. The van der Waals surface area contributed by atoms with Gasteiger partial charge in [0.05, 0.1) is 16.1 Å². The molecule has 10 nitrogen and oxygen atoms in total. The largest absolute Gasteiger partial charge is 0.454 e. The minimum atomic E-state index is -3.35. The summed E-state index contributed by atoms with van der Waals surface area (Å²) in [5.41, 5.74) is 6.53. The van der Waals surface area contributed by atoms with Gasteiger partial charge in [-0.3, -0.25) is 4.79 Å². The number of carbonyl (C=O) groups excluding carboxylic acids is 1. The zero-order valence-electron chi connectivity index (χ0n) is 15.7. The summed E-state index contributed by atoms with van der Waals surface area (Å²) in [6.07, 6.45) is 2.64. The number of benzene rings is 2. The summed E-state index contributed by atoms with van der Waals surface area (Å²) >= 11 is 0. The molecule has 0 radical (unpaired) electrons. The van der Waals surface area contributed by atoms with Crippen LogP contribution in [0.2, 0.25) is 0 Å². The average molecular weight is 427 g/mol. The molecule has 0 atom stereocenters. The van der Waals surface area contributed by atoms with Crippen molar-refractivity contribution in [2.75, 3.05) is 23.7 Å². The molecule has 2 aromatic carbocycles. The van der Waals surface area contributed by atoms with Crippen LogP contribution in [-0.4, -0.2) is 37.3 Å². The third-order valence-electron chi connectivity index (χ3n) is 4.23. The van der Waals surface area contributed by atoms with E-state index in [0.717, 1.165) is 6.26 Å². The van der Waals surface area contributed by atoms with E-state index in [1.165, 1.54) is 24.4 Å². The molecule has 0 fully saturated rings. The lowest BCUT2D eigenvalue weighted by Gasteiger charge is -2.13. The van der Waals surface area contributed by atoms with Crippen LogP contribution in [0.1, 0.15) is 10.4 Å². The van der Waals surface area contributed by atoms with E-state index < -0.39 is 15.7 Å². The maximum Gasteiger partial charge on any atom is 0.250 e. The number of nitrogens with one attached hydrogen (secondary N) is 2. The van der Waals surface area contributed by atoms with Gasteiger partial charge < -0.3 is 25.8 Å². The van der Waals surface area contributed by atoms with Gasteiger partial charge in [-0.2, -0.15) is 4.98 Å². The third kappa shape index (κ3) is 3.96. The number of aromatic nitrogens is 2. The molecule has 0 unspecified atom stereocenters. The monoisotopic (exact) mass is 427 g/mol. The van der Waals surface area contributed by atoms with E-state index in [0.29, 0.717) is 28.7 Å². The van der Waals surface area contributed by atoms with Crippen molar-refractivity contribution in [3.8, 4) is 11.5 Å². The number of nitrogens with two attached hydrogens (primary N) is 1. The first kappa shape index (κ1) is 19.5. The molecule has 4 N–H and O–H groups in total. The average Bonchev–Trinajstić information content (AvgIpc) is 3.17. The molecule has 2 heterocycles. The summed E-state index contributed by atoms with van der Waals surface area (Å²) in [6.45, 7) is 0.0273. The van der Waals surface area contributed by atoms with Crippen molar-refractivity contribution >= 4 is 38.9 Å². The number of carbonyl (C=O) groups is 1. The van der Waals surface area contributed by atoms with E-state index in [9.17, 15) is 13.2 Å². The fourth-order valence-corrected chi connectivity index (χ4v) is 3.52. The number of rotatable bonds is 6. The first-order chi connectivity index (χ1) is 14.3. The predicted molar refractivity (Wildman–Crippen MR) is 109 cm³/mol. The molecular weight excluding hydrogens is 410 g/mol. The van der Waals surface area contributed by atoms with Crippen molar-refractivity contribution in [3.05, 3.63) is 54.2 Å². The Morgan fingerprint density at radius 3 is 2.73 bits per heavy atom. The fraction of sp³-hybridized carbons (Fsp3) is 0.105. The van der Waals surface area contributed by atoms with Crippen LogP contribution in [0.5, 0.6) is 11.5 Å². The normalized spacial score (nSPS) is 12.4. The summed E-state index contributed by atoms with van der Waals surface area (Å²) in [6, 6.07) is 11.0. The lowest BCUT2D eigenvalue weighted by molar-refractivity contribution is 0.100. The van der Waals surface area contributed by atoms with Crippen molar-refractivity contribution in [1.29, 1.82) is 0 Å². The Hall–Kier alpha value is -3.86. The van der Waals surface area contributed by atoms with Gasteiger partial charge in [0.25, 0.3) is 5.91 Å². The highest BCUT2D eigenvalue weighted by Crippen LogP contribution is 2.42. The Bertz CT molecular complexity index is 1250. The number of ether oxygens (including phenoxy) is 2. The van der Waals surface area contributed by atoms with Crippen molar-refractivity contribution < 1.29 is 22.7 Å². The summed E-state index contributed by atoms with van der Waals surface area (Å²) in [5.74, 6) is 0.780. The minimum Gasteiger partial charge on any atom is -0.454 e. The first-order valence-corrected chi connectivity index (χ1v) is 10.6. The number of hydrogen-bond donors (Lipinski definition) is 3. The van der Waals surface area contributed by atoms with Crippen LogP contribution in [0.3, 0.4) is 0 Å². The second-order valence-corrected chi connectivity index (χ2v) is 8.42. The maximum absolute atomic E-state index is 11.8. The van der Waals surface area contributed by atoms with Gasteiger partial charge in [-0.25, -0.2) is 13.4 Å². The molecule has 0 aliphatic carbocycles. The Labute approximate surface area is 172 Å². The van der Waals surface area contributed by atoms with Crippen molar-refractivity contribution in [3.63, 3.8) is 0 Å². The van der Waals surface area contributed by atoms with E-state index in [4.69, 9.17) is 15.2 Å². The Morgan fingerprint density at radius 2 is 1.97 bits per heavy atom. The van der Waals surface area contributed by atoms with Crippen LogP contribution in [0, 0.1) is 0 Å². The van der Waals surface area contributed by atoms with E-state index in [2.05, 4.69) is 20.6 Å². The molecule has 30 heavy (non-hydrogen) atoms. The van der Waals surface area contributed by atoms with Gasteiger partial charge in [0.15, 0.2) is 21.3 Å². The highest BCUT2D eigenvalue weighted by atomic mass is 32.2. The molecule has 0 saturated carbocycles. The van der Waals surface area contributed by atoms with Crippen molar-refractivity contribution in [2.45, 2.75) is 4.90 Å². The number of sulfone groups is 1. The van der Waals surface area contributed by atoms with Crippen molar-refractivity contribution in [1.82, 2.24) is 9.97 Å². The van der Waals surface area contributed by atoms with Gasteiger partial charge in [0.1, 0.15) is 5.82 Å². The van der Waals surface area contributed by atoms with E-state index in [1.54, 1.807) is 24.3 Å². The molecular formula is C19H17N5O5S. The summed E-state index contributed by atoms with van der Waals surface area (Å²) in [5, 5.41) is 5.98. The first-order valence-electron chi connectivity index (χ1n) is 8.71. The number of hydrogen-bond acceptors (Lipinski definition) is 9. The molecule has 0 bridgehead atoms. The molecule has 1 aromatic heterocycles. The van der Waals surface area contributed by atoms with Crippen LogP contribution in [0.25, 0.3) is 0 Å². The molecule has 154 valence electrons. The van der Waals surface area contributed by atoms with Crippen molar-refractivity contribution in [2.24, 2.45) is 5.73 Å². The molecule has 4 rings (SSSR count). The van der Waals surface area contributed by atoms with Gasteiger partial charge in [-0.05, 0) is 36.4 Å². The molecule has 0 saturated heterocycles. The highest BCUT2D eigenvalue weighted by Gasteiger charge is 2.23. The van der Waals surface area contributed by atoms with Gasteiger partial charge in [-0.1, -0.05) is 6.07 Å². The Morgan fingerprint density at radius 1 is 1.13 bits per heavy atom. The lowest BCUT2D eigenvalue weighted by Crippen LogP contribution is -2.14. The molecule has 1 amide bonds. The van der Waals surface area contributed by atoms with Crippen LogP contribution in [0.4, 0.5) is 23.1 Å². The summed E-state index contributed by atoms with van der Waals surface area (Å²) < 4.78 is 34.3. The molecule has 3 aromatic rings. The number of nitrogens with zero attached hydrogens (tertiary/aromatic N) is 2. The van der Waals surface area contributed by atoms with Crippen LogP contribution < -0.4 is 25.8 Å². The predicted octanol–water partition coefficient (Wildman–Crippen LogP) is 2.19. The third-order valence-corrected chi connectivity index (χ3v) is 5.34. The Kier molecular flexibility index (Phi) is 4.88. The Balaban J connectivity index is 1.63. The standard InChI is InChI=1S/C19H17N5O5S/c1-30(26,27)12-4-2-3-11(9-12)22-19-21-8-7-15(24-19)23-16-13(18(20)25)5-6-14-17(16)29-10-28-14/h2-9H,10H2,1H3,(H2,20,25)(H2,21,22,23,24). The minimum absolute atomic E-state index is 0.0273. The zero-order valence-corrected chi connectivity index (χ0v) is 16.6. The summed E-state index contributed by atoms with van der Waals surface area (Å²) in [4.78, 5) is 20.5. The molecule has 0 spiro atoms. The zero-order chi connectivity index (χ0) is 21.3. The molecule has 1 aliphatic heterocycles. The van der Waals surface area contributed by atoms with Crippen LogP contribution in [-0.2, 0) is 9.84 Å². The van der Waals surface area contributed by atoms with Gasteiger partial charge >= 0.3 is 0 Å². The summed E-state index contributed by atoms with van der Waals surface area (Å²) in [7, 11) is -3.35. The van der Waals surface area contributed by atoms with E-state index in [1.807, 2.05) is 0 Å². The van der Waals surface area contributed by atoms with Gasteiger partial charge in [0.2, 0.25) is 12.7 Å². The van der Waals surface area contributed by atoms with Crippen LogP contribution >= 0.6 is 0 Å². The number of fused-ring (bicyclic) bond motifs is 1. The topological polar surface area (TPSA) is 146 Å². The highest BCUT2D eigenvalue weighted by molar-refractivity contribution is 7.90. The number of primary amides is 1.